The molecule has 3 N–H and O–H groups in total. The van der Waals surface area contributed by atoms with Crippen molar-refractivity contribution in [3.63, 3.8) is 0 Å². The highest BCUT2D eigenvalue weighted by Crippen LogP contribution is 2.14. The van der Waals surface area contributed by atoms with Gasteiger partial charge in [0.25, 0.3) is 0 Å². The summed E-state index contributed by atoms with van der Waals surface area (Å²) in [4.78, 5) is 31.5. The van der Waals surface area contributed by atoms with Gasteiger partial charge < -0.3 is 11.1 Å². The molecule has 0 bridgehead atoms. The highest BCUT2D eigenvalue weighted by Gasteiger charge is 2.21. The normalized spacial score (nSPS) is 12.2. The van der Waals surface area contributed by atoms with Crippen LogP contribution in [0.1, 0.15) is 25.2 Å². The molecule has 0 spiro atoms. The molecule has 1 aromatic heterocycles. The molecular formula is C13H20N4O2S. The second-order valence-corrected chi connectivity index (χ2v) is 5.86. The van der Waals surface area contributed by atoms with Crippen LogP contribution in [0, 0.1) is 19.8 Å². The molecule has 110 valence electrons. The van der Waals surface area contributed by atoms with Crippen LogP contribution >= 0.6 is 11.8 Å². The van der Waals surface area contributed by atoms with Crippen LogP contribution in [0.15, 0.2) is 11.2 Å². The number of nitrogens with one attached hydrogen (secondary N) is 1. The Morgan fingerprint density at radius 2 is 1.85 bits per heavy atom. The maximum atomic E-state index is 11.8. The number of hydrogen-bond donors (Lipinski definition) is 2. The fraction of sp³-hybridized carbons (Fsp3) is 0.538. The van der Waals surface area contributed by atoms with Gasteiger partial charge in [0.15, 0.2) is 5.16 Å². The van der Waals surface area contributed by atoms with Crippen molar-refractivity contribution >= 4 is 23.6 Å². The molecule has 0 aliphatic heterocycles. The van der Waals surface area contributed by atoms with Gasteiger partial charge in [-0.2, -0.15) is 0 Å². The van der Waals surface area contributed by atoms with Crippen molar-refractivity contribution in [2.75, 3.05) is 5.75 Å². The standard InChI is InChI=1S/C13H20N4O2S/c1-7(2)11(12(14)19)17-10(18)6-20-13-15-8(3)5-9(4)16-13/h5,7,11H,6H2,1-4H3,(H2,14,19)(H,17,18). The van der Waals surface area contributed by atoms with E-state index in [1.165, 1.54) is 11.8 Å². The fourth-order valence-corrected chi connectivity index (χ4v) is 2.43. The number of nitrogens with two attached hydrogens (primary N) is 1. The summed E-state index contributed by atoms with van der Waals surface area (Å²) in [7, 11) is 0. The minimum absolute atomic E-state index is 0.0427. The zero-order valence-corrected chi connectivity index (χ0v) is 13.0. The molecule has 1 rings (SSSR count). The van der Waals surface area contributed by atoms with E-state index < -0.39 is 11.9 Å². The molecule has 1 atom stereocenters. The van der Waals surface area contributed by atoms with Crippen LogP contribution in [0.2, 0.25) is 0 Å². The Kier molecular flexibility index (Phi) is 5.94. The van der Waals surface area contributed by atoms with Crippen molar-refractivity contribution in [3.8, 4) is 0 Å². The van der Waals surface area contributed by atoms with Crippen molar-refractivity contribution in [1.29, 1.82) is 0 Å². The Labute approximate surface area is 122 Å². The van der Waals surface area contributed by atoms with Crippen LogP contribution in [0.3, 0.4) is 0 Å². The number of hydrogen-bond acceptors (Lipinski definition) is 5. The third kappa shape index (κ3) is 5.16. The first-order valence-corrected chi connectivity index (χ1v) is 7.32. The van der Waals surface area contributed by atoms with Crippen LogP contribution in [0.25, 0.3) is 0 Å². The zero-order valence-electron chi connectivity index (χ0n) is 12.1. The van der Waals surface area contributed by atoms with E-state index in [0.29, 0.717) is 5.16 Å². The molecule has 0 aliphatic carbocycles. The van der Waals surface area contributed by atoms with Gasteiger partial charge in [0.05, 0.1) is 5.75 Å². The Morgan fingerprint density at radius 3 is 2.30 bits per heavy atom. The summed E-state index contributed by atoms with van der Waals surface area (Å²) in [6.07, 6.45) is 0. The Balaban J connectivity index is 2.56. The highest BCUT2D eigenvalue weighted by molar-refractivity contribution is 7.99. The van der Waals surface area contributed by atoms with Gasteiger partial charge in [0.2, 0.25) is 11.8 Å². The number of aromatic nitrogens is 2. The molecule has 1 unspecified atom stereocenters. The summed E-state index contributed by atoms with van der Waals surface area (Å²) in [6, 6.07) is 1.22. The average Bonchev–Trinajstić information content (AvgIpc) is 2.31. The van der Waals surface area contributed by atoms with Crippen molar-refractivity contribution in [2.45, 2.75) is 38.9 Å². The van der Waals surface area contributed by atoms with E-state index in [0.717, 1.165) is 11.4 Å². The quantitative estimate of drug-likeness (QED) is 0.598. The first-order chi connectivity index (χ1) is 9.29. The number of thioether (sulfide) groups is 1. The summed E-state index contributed by atoms with van der Waals surface area (Å²) < 4.78 is 0. The van der Waals surface area contributed by atoms with E-state index in [1.807, 2.05) is 33.8 Å². The van der Waals surface area contributed by atoms with Crippen molar-refractivity contribution in [1.82, 2.24) is 15.3 Å². The van der Waals surface area contributed by atoms with E-state index in [-0.39, 0.29) is 17.6 Å². The third-order valence-corrected chi connectivity index (χ3v) is 3.43. The smallest absolute Gasteiger partial charge is 0.240 e. The number of nitrogens with zero attached hydrogens (tertiary/aromatic N) is 2. The lowest BCUT2D eigenvalue weighted by Gasteiger charge is -2.18. The molecule has 2 amide bonds. The maximum Gasteiger partial charge on any atom is 0.240 e. The second kappa shape index (κ2) is 7.23. The predicted octanol–water partition coefficient (Wildman–Crippen LogP) is 0.812. The summed E-state index contributed by atoms with van der Waals surface area (Å²) in [5.41, 5.74) is 6.97. The molecular weight excluding hydrogens is 276 g/mol. The number of rotatable bonds is 6. The molecule has 0 saturated carbocycles. The van der Waals surface area contributed by atoms with Crippen molar-refractivity contribution in [3.05, 3.63) is 17.5 Å². The van der Waals surface area contributed by atoms with Crippen LogP contribution in [0.4, 0.5) is 0 Å². The molecule has 1 aromatic rings. The molecule has 0 saturated heterocycles. The van der Waals surface area contributed by atoms with Gasteiger partial charge in [0, 0.05) is 11.4 Å². The fourth-order valence-electron chi connectivity index (χ4n) is 1.67. The molecule has 0 radical (unpaired) electrons. The first-order valence-electron chi connectivity index (χ1n) is 6.33. The lowest BCUT2D eigenvalue weighted by atomic mass is 10.0. The maximum absolute atomic E-state index is 11.8. The van der Waals surface area contributed by atoms with Gasteiger partial charge in [-0.1, -0.05) is 25.6 Å². The van der Waals surface area contributed by atoms with Crippen molar-refractivity contribution in [2.24, 2.45) is 11.7 Å². The average molecular weight is 296 g/mol. The van der Waals surface area contributed by atoms with Gasteiger partial charge in [-0.05, 0) is 25.8 Å². The number of carbonyl (C=O) groups excluding carboxylic acids is 2. The lowest BCUT2D eigenvalue weighted by Crippen LogP contribution is -2.48. The monoisotopic (exact) mass is 296 g/mol. The highest BCUT2D eigenvalue weighted by atomic mass is 32.2. The van der Waals surface area contributed by atoms with Gasteiger partial charge >= 0.3 is 0 Å². The van der Waals surface area contributed by atoms with Crippen LogP contribution in [-0.4, -0.2) is 33.6 Å². The van der Waals surface area contributed by atoms with E-state index >= 15 is 0 Å². The van der Waals surface area contributed by atoms with E-state index in [1.54, 1.807) is 0 Å². The Morgan fingerprint density at radius 1 is 1.30 bits per heavy atom. The minimum Gasteiger partial charge on any atom is -0.368 e. The summed E-state index contributed by atoms with van der Waals surface area (Å²) in [6.45, 7) is 7.41. The first kappa shape index (κ1) is 16.4. The van der Waals surface area contributed by atoms with Crippen LogP contribution in [0.5, 0.6) is 0 Å². The van der Waals surface area contributed by atoms with Crippen molar-refractivity contribution < 1.29 is 9.59 Å². The number of primary amides is 1. The second-order valence-electron chi connectivity index (χ2n) is 4.91. The van der Waals surface area contributed by atoms with Gasteiger partial charge in [-0.3, -0.25) is 9.59 Å². The molecule has 1 heterocycles. The van der Waals surface area contributed by atoms with Gasteiger partial charge in [0.1, 0.15) is 6.04 Å². The van der Waals surface area contributed by atoms with E-state index in [2.05, 4.69) is 15.3 Å². The SMILES string of the molecule is Cc1cc(C)nc(SCC(=O)NC(C(N)=O)C(C)C)n1. The van der Waals surface area contributed by atoms with Crippen LogP contribution < -0.4 is 11.1 Å². The lowest BCUT2D eigenvalue weighted by molar-refractivity contribution is -0.126. The Bertz CT molecular complexity index is 485. The van der Waals surface area contributed by atoms with Gasteiger partial charge in [-0.15, -0.1) is 0 Å². The summed E-state index contributed by atoms with van der Waals surface area (Å²) >= 11 is 1.24. The molecule has 0 aromatic carbocycles. The van der Waals surface area contributed by atoms with Crippen LogP contribution in [-0.2, 0) is 9.59 Å². The largest absolute Gasteiger partial charge is 0.368 e. The van der Waals surface area contributed by atoms with E-state index in [4.69, 9.17) is 5.73 Å². The van der Waals surface area contributed by atoms with Gasteiger partial charge in [-0.25, -0.2) is 9.97 Å². The predicted molar refractivity (Wildman–Crippen MR) is 78.2 cm³/mol. The number of aryl methyl sites for hydroxylation is 2. The Hall–Kier alpha value is -1.63. The number of carbonyl (C=O) groups is 2. The minimum atomic E-state index is -0.650. The number of amides is 2. The molecule has 6 nitrogen and oxygen atoms in total. The third-order valence-electron chi connectivity index (χ3n) is 2.58. The molecule has 20 heavy (non-hydrogen) atoms. The summed E-state index contributed by atoms with van der Waals surface area (Å²) in [5, 5.41) is 3.18. The topological polar surface area (TPSA) is 98.0 Å². The molecule has 0 aliphatic rings. The zero-order chi connectivity index (χ0) is 15.3. The molecule has 7 heteroatoms. The van der Waals surface area contributed by atoms with E-state index in [9.17, 15) is 9.59 Å². The molecule has 0 fully saturated rings. The summed E-state index contributed by atoms with van der Waals surface area (Å²) in [5.74, 6) is -0.672.